The highest BCUT2D eigenvalue weighted by Gasteiger charge is 2.53. The number of carbonyl (C=O) groups excluding carboxylic acids is 1. The summed E-state index contributed by atoms with van der Waals surface area (Å²) < 4.78 is 73.9. The van der Waals surface area contributed by atoms with Crippen molar-refractivity contribution in [2.45, 2.75) is 50.2 Å². The van der Waals surface area contributed by atoms with Gasteiger partial charge in [0.25, 0.3) is 0 Å². The number of nitrogens with one attached hydrogen (secondary N) is 1. The van der Waals surface area contributed by atoms with E-state index >= 15 is 0 Å². The predicted molar refractivity (Wildman–Crippen MR) is 114 cm³/mol. The van der Waals surface area contributed by atoms with Crippen LogP contribution in [0.25, 0.3) is 0 Å². The normalized spacial score (nSPS) is 24.4. The maximum Gasteiger partial charge on any atom is 0.416 e. The number of alkyl halides is 3. The van der Waals surface area contributed by atoms with Gasteiger partial charge in [-0.15, -0.1) is 0 Å². The smallest absolute Gasteiger partial charge is 0.365 e. The molecule has 0 bridgehead atoms. The molecule has 10 heteroatoms. The third kappa shape index (κ3) is 4.18. The van der Waals surface area contributed by atoms with Gasteiger partial charge in [-0.05, 0) is 72.8 Å². The second kappa shape index (κ2) is 8.46. The van der Waals surface area contributed by atoms with Crippen molar-refractivity contribution < 1.29 is 31.5 Å². The van der Waals surface area contributed by atoms with E-state index < -0.39 is 34.9 Å². The molecular formula is C24H22ClF5N2O2. The van der Waals surface area contributed by atoms with Crippen LogP contribution in [0.5, 0.6) is 0 Å². The Morgan fingerprint density at radius 1 is 1.15 bits per heavy atom. The molecule has 4 nitrogen and oxygen atoms in total. The van der Waals surface area contributed by atoms with E-state index in [9.17, 15) is 26.7 Å². The minimum atomic E-state index is -4.56. The van der Waals surface area contributed by atoms with Crippen LogP contribution < -0.4 is 5.32 Å². The molecule has 0 radical (unpaired) electrons. The Morgan fingerprint density at radius 3 is 2.59 bits per heavy atom. The third-order valence-electron chi connectivity index (χ3n) is 6.88. The fraction of sp³-hybridized carbons (Fsp3) is 0.458. The van der Waals surface area contributed by atoms with E-state index in [4.69, 9.17) is 16.3 Å². The molecule has 2 aliphatic heterocycles. The Kier molecular flexibility index (Phi) is 5.85. The van der Waals surface area contributed by atoms with Crippen LogP contribution in [0.1, 0.15) is 41.5 Å². The van der Waals surface area contributed by atoms with Gasteiger partial charge in [-0.3, -0.25) is 4.79 Å². The Balaban J connectivity index is 1.48. The van der Waals surface area contributed by atoms with E-state index in [2.05, 4.69) is 5.32 Å². The van der Waals surface area contributed by atoms with E-state index in [0.717, 1.165) is 37.1 Å². The number of benzene rings is 2. The summed E-state index contributed by atoms with van der Waals surface area (Å²) in [7, 11) is 0. The van der Waals surface area contributed by atoms with E-state index in [-0.39, 0.29) is 42.2 Å². The lowest BCUT2D eigenvalue weighted by atomic mass is 9.75. The molecule has 3 aliphatic rings. The second-order valence-electron chi connectivity index (χ2n) is 9.15. The molecule has 2 fully saturated rings. The summed E-state index contributed by atoms with van der Waals surface area (Å²) in [6.45, 7) is 0.798. The van der Waals surface area contributed by atoms with Crippen LogP contribution in [0.2, 0.25) is 5.02 Å². The lowest BCUT2D eigenvalue weighted by Crippen LogP contribution is -2.55. The second-order valence-corrected chi connectivity index (χ2v) is 9.59. The number of piperidine rings is 1. The lowest BCUT2D eigenvalue weighted by molar-refractivity contribution is -0.157. The largest absolute Gasteiger partial charge is 0.416 e. The minimum Gasteiger partial charge on any atom is -0.365 e. The number of halogens is 6. The summed E-state index contributed by atoms with van der Waals surface area (Å²) >= 11 is 5.95. The Bertz CT molecular complexity index is 1140. The molecule has 2 aromatic rings. The first-order valence-electron chi connectivity index (χ1n) is 11.1. The molecule has 34 heavy (non-hydrogen) atoms. The Labute approximate surface area is 198 Å². The van der Waals surface area contributed by atoms with Crippen LogP contribution in [0, 0.1) is 17.6 Å². The number of fused-ring (bicyclic) bond motifs is 2. The molecule has 2 atom stereocenters. The summed E-state index contributed by atoms with van der Waals surface area (Å²) in [5, 5.41) is 3.11. The summed E-state index contributed by atoms with van der Waals surface area (Å²) in [6.07, 6.45) is -2.70. The molecule has 182 valence electrons. The van der Waals surface area contributed by atoms with Crippen molar-refractivity contribution in [3.63, 3.8) is 0 Å². The van der Waals surface area contributed by atoms with Crippen molar-refractivity contribution in [1.29, 1.82) is 0 Å². The molecule has 1 aliphatic carbocycles. The maximum absolute atomic E-state index is 14.2. The van der Waals surface area contributed by atoms with Crippen LogP contribution in [0.4, 0.5) is 22.0 Å². The van der Waals surface area contributed by atoms with Crippen molar-refractivity contribution in [2.75, 3.05) is 13.1 Å². The quantitative estimate of drug-likeness (QED) is 0.589. The highest BCUT2D eigenvalue weighted by atomic mass is 35.5. The first-order chi connectivity index (χ1) is 16.1. The van der Waals surface area contributed by atoms with Crippen LogP contribution in [-0.4, -0.2) is 29.9 Å². The van der Waals surface area contributed by atoms with Gasteiger partial charge in [0.2, 0.25) is 5.91 Å². The van der Waals surface area contributed by atoms with Gasteiger partial charge in [0.05, 0.1) is 18.1 Å². The highest BCUT2D eigenvalue weighted by Crippen LogP contribution is 2.48. The molecule has 1 saturated carbocycles. The van der Waals surface area contributed by atoms with Crippen LogP contribution in [0.3, 0.4) is 0 Å². The average molecular weight is 501 g/mol. The molecule has 1 N–H and O–H groups in total. The van der Waals surface area contributed by atoms with Crippen LogP contribution in [-0.2, 0) is 34.5 Å². The van der Waals surface area contributed by atoms with Crippen LogP contribution >= 0.6 is 11.6 Å². The first-order valence-corrected chi connectivity index (χ1v) is 11.5. The van der Waals surface area contributed by atoms with Crippen molar-refractivity contribution in [3.8, 4) is 0 Å². The Hall–Kier alpha value is -2.23. The molecule has 2 heterocycles. The SMILES string of the molecule is O=C(C1CNCCC12OCc1cc(F)c(F)cc12)N(Cc1cc(Cl)cc(C(F)(F)F)c1)C1CC1. The Morgan fingerprint density at radius 2 is 1.88 bits per heavy atom. The summed E-state index contributed by atoms with van der Waals surface area (Å²) in [4.78, 5) is 15.4. The highest BCUT2D eigenvalue weighted by molar-refractivity contribution is 6.30. The van der Waals surface area contributed by atoms with Gasteiger partial charge in [0.1, 0.15) is 5.60 Å². The molecule has 1 amide bonds. The van der Waals surface area contributed by atoms with E-state index in [1.807, 2.05) is 0 Å². The van der Waals surface area contributed by atoms with Gasteiger partial charge in [0, 0.05) is 24.2 Å². The van der Waals surface area contributed by atoms with Gasteiger partial charge >= 0.3 is 6.18 Å². The molecular weight excluding hydrogens is 479 g/mol. The minimum absolute atomic E-state index is 0.0373. The van der Waals surface area contributed by atoms with E-state index in [1.165, 1.54) is 6.07 Å². The summed E-state index contributed by atoms with van der Waals surface area (Å²) in [5.74, 6) is -3.02. The fourth-order valence-electron chi connectivity index (χ4n) is 5.10. The molecule has 0 aromatic heterocycles. The molecule has 2 aromatic carbocycles. The van der Waals surface area contributed by atoms with E-state index in [0.29, 0.717) is 24.1 Å². The number of amides is 1. The van der Waals surface area contributed by atoms with Gasteiger partial charge < -0.3 is 15.0 Å². The maximum atomic E-state index is 14.2. The number of ether oxygens (including phenoxy) is 1. The van der Waals surface area contributed by atoms with Crippen molar-refractivity contribution in [1.82, 2.24) is 10.2 Å². The van der Waals surface area contributed by atoms with Crippen LogP contribution in [0.15, 0.2) is 30.3 Å². The number of nitrogens with zero attached hydrogens (tertiary/aromatic N) is 1. The van der Waals surface area contributed by atoms with Gasteiger partial charge in [-0.2, -0.15) is 13.2 Å². The van der Waals surface area contributed by atoms with Gasteiger partial charge in [-0.25, -0.2) is 8.78 Å². The topological polar surface area (TPSA) is 41.6 Å². The van der Waals surface area contributed by atoms with Gasteiger partial charge in [-0.1, -0.05) is 11.6 Å². The number of hydrogen-bond acceptors (Lipinski definition) is 3. The predicted octanol–water partition coefficient (Wildman–Crippen LogP) is 5.16. The third-order valence-corrected chi connectivity index (χ3v) is 7.10. The molecule has 5 rings (SSSR count). The van der Waals surface area contributed by atoms with Crippen molar-refractivity contribution >= 4 is 17.5 Å². The molecule has 2 unspecified atom stereocenters. The monoisotopic (exact) mass is 500 g/mol. The molecule has 1 saturated heterocycles. The van der Waals surface area contributed by atoms with Gasteiger partial charge in [0.15, 0.2) is 11.6 Å². The van der Waals surface area contributed by atoms with Crippen molar-refractivity contribution in [2.24, 2.45) is 5.92 Å². The average Bonchev–Trinajstić information content (AvgIpc) is 3.57. The zero-order chi connectivity index (χ0) is 24.3. The molecule has 1 spiro atoms. The van der Waals surface area contributed by atoms with Crippen molar-refractivity contribution in [3.05, 3.63) is 69.2 Å². The zero-order valence-electron chi connectivity index (χ0n) is 18.0. The number of carbonyl (C=O) groups is 1. The van der Waals surface area contributed by atoms with E-state index in [1.54, 1.807) is 4.90 Å². The summed E-state index contributed by atoms with van der Waals surface area (Å²) in [6, 6.07) is 5.39. The summed E-state index contributed by atoms with van der Waals surface area (Å²) in [5.41, 5.74) is -0.756. The number of rotatable bonds is 4. The number of hydrogen-bond donors (Lipinski definition) is 1. The zero-order valence-corrected chi connectivity index (χ0v) is 18.8. The lowest BCUT2D eigenvalue weighted by Gasteiger charge is -2.43. The standard InChI is InChI=1S/C24H22ClF5N2O2/c25-16-6-13(5-15(8-16)24(28,29)30)11-32(17-1-2-17)22(33)19-10-31-4-3-23(19)18-9-21(27)20(26)7-14(18)12-34-23/h5-9,17,19,31H,1-4,10-12H2. The first kappa shape index (κ1) is 23.5. The fourth-order valence-corrected chi connectivity index (χ4v) is 5.36.